The zero-order valence-electron chi connectivity index (χ0n) is 14.4. The second kappa shape index (κ2) is 7.43. The molecule has 0 aliphatic rings. The van der Waals surface area contributed by atoms with E-state index in [1.165, 1.54) is 17.3 Å². The summed E-state index contributed by atoms with van der Waals surface area (Å²) in [5, 5.41) is 15.5. The van der Waals surface area contributed by atoms with Gasteiger partial charge >= 0.3 is 0 Å². The fraction of sp³-hybridized carbons (Fsp3) is 0.222. The third-order valence-electron chi connectivity index (χ3n) is 3.99. The summed E-state index contributed by atoms with van der Waals surface area (Å²) in [6.07, 6.45) is 1.01. The number of nitrogens with zero attached hydrogens (tertiary/aromatic N) is 5. The first-order chi connectivity index (χ1) is 12.7. The van der Waals surface area contributed by atoms with Crippen molar-refractivity contribution in [1.82, 2.24) is 24.9 Å². The summed E-state index contributed by atoms with van der Waals surface area (Å²) >= 11 is 3.18. The molecule has 0 saturated carbocycles. The van der Waals surface area contributed by atoms with Crippen LogP contribution in [0.3, 0.4) is 0 Å². The number of thiophene rings is 1. The van der Waals surface area contributed by atoms with Gasteiger partial charge in [0.05, 0.1) is 10.6 Å². The first-order valence-corrected chi connectivity index (χ1v) is 10.1. The van der Waals surface area contributed by atoms with E-state index >= 15 is 0 Å². The average molecular weight is 384 g/mol. The van der Waals surface area contributed by atoms with Gasteiger partial charge in [-0.3, -0.25) is 0 Å². The van der Waals surface area contributed by atoms with Gasteiger partial charge in [-0.2, -0.15) is 4.98 Å². The normalized spacial score (nSPS) is 11.2. The predicted octanol–water partition coefficient (Wildman–Crippen LogP) is 4.45. The molecule has 0 aliphatic carbocycles. The molecule has 3 heterocycles. The molecular formula is C18H17N5OS2. The quantitative estimate of drug-likeness (QED) is 0.458. The van der Waals surface area contributed by atoms with Crippen molar-refractivity contribution in [3.63, 3.8) is 0 Å². The second-order valence-electron chi connectivity index (χ2n) is 5.69. The molecule has 3 aromatic heterocycles. The van der Waals surface area contributed by atoms with Crippen molar-refractivity contribution in [2.75, 3.05) is 0 Å². The lowest BCUT2D eigenvalue weighted by Crippen LogP contribution is -1.94. The van der Waals surface area contributed by atoms with Crippen LogP contribution in [-0.2, 0) is 19.2 Å². The number of aromatic nitrogens is 5. The molecule has 8 heteroatoms. The van der Waals surface area contributed by atoms with Gasteiger partial charge in [0.2, 0.25) is 11.7 Å². The Morgan fingerprint density at radius 3 is 2.73 bits per heavy atom. The molecule has 0 aliphatic heterocycles. The Morgan fingerprint density at radius 1 is 1.15 bits per heavy atom. The largest absolute Gasteiger partial charge is 0.338 e. The third-order valence-corrected chi connectivity index (χ3v) is 5.86. The zero-order chi connectivity index (χ0) is 17.9. The molecule has 0 spiro atoms. The van der Waals surface area contributed by atoms with Crippen molar-refractivity contribution in [3.05, 3.63) is 53.2 Å². The van der Waals surface area contributed by atoms with Gasteiger partial charge in [0, 0.05) is 12.6 Å². The van der Waals surface area contributed by atoms with E-state index in [0.29, 0.717) is 17.5 Å². The van der Waals surface area contributed by atoms with Gasteiger partial charge in [-0.05, 0) is 23.4 Å². The fourth-order valence-electron chi connectivity index (χ4n) is 2.51. The Balaban J connectivity index is 1.45. The Morgan fingerprint density at radius 2 is 2.00 bits per heavy atom. The van der Waals surface area contributed by atoms with Crippen LogP contribution in [0.5, 0.6) is 0 Å². The molecule has 4 aromatic rings. The lowest BCUT2D eigenvalue weighted by molar-refractivity contribution is 0.391. The van der Waals surface area contributed by atoms with Crippen molar-refractivity contribution in [1.29, 1.82) is 0 Å². The zero-order valence-corrected chi connectivity index (χ0v) is 16.0. The predicted molar refractivity (Wildman–Crippen MR) is 103 cm³/mol. The van der Waals surface area contributed by atoms with Crippen LogP contribution in [-0.4, -0.2) is 24.9 Å². The maximum absolute atomic E-state index is 5.38. The minimum atomic E-state index is 0.552. The number of aryl methyl sites for hydroxylation is 1. The van der Waals surface area contributed by atoms with E-state index in [1.54, 1.807) is 11.3 Å². The summed E-state index contributed by atoms with van der Waals surface area (Å²) in [5.74, 6) is 2.60. The molecule has 26 heavy (non-hydrogen) atoms. The molecule has 132 valence electrons. The van der Waals surface area contributed by atoms with Crippen LogP contribution in [0.4, 0.5) is 0 Å². The first-order valence-electron chi connectivity index (χ1n) is 8.22. The minimum Gasteiger partial charge on any atom is -0.338 e. The van der Waals surface area contributed by atoms with Gasteiger partial charge in [0.1, 0.15) is 0 Å². The topological polar surface area (TPSA) is 69.6 Å². The maximum Gasteiger partial charge on any atom is 0.237 e. The van der Waals surface area contributed by atoms with E-state index in [2.05, 4.69) is 39.4 Å². The van der Waals surface area contributed by atoms with E-state index < -0.39 is 0 Å². The van der Waals surface area contributed by atoms with Crippen molar-refractivity contribution >= 4 is 23.1 Å². The van der Waals surface area contributed by atoms with Crippen LogP contribution in [0.1, 0.15) is 18.4 Å². The van der Waals surface area contributed by atoms with Gasteiger partial charge in [-0.15, -0.1) is 21.5 Å². The molecule has 1 aromatic carbocycles. The van der Waals surface area contributed by atoms with Crippen LogP contribution in [0.2, 0.25) is 0 Å². The molecular weight excluding hydrogens is 366 g/mol. The highest BCUT2D eigenvalue weighted by atomic mass is 32.2. The second-order valence-corrected chi connectivity index (χ2v) is 7.58. The van der Waals surface area contributed by atoms with E-state index in [4.69, 9.17) is 4.52 Å². The number of rotatable bonds is 6. The van der Waals surface area contributed by atoms with E-state index in [1.807, 2.05) is 41.3 Å². The third kappa shape index (κ3) is 3.42. The molecule has 4 rings (SSSR count). The highest BCUT2D eigenvalue weighted by molar-refractivity contribution is 7.98. The minimum absolute atomic E-state index is 0.552. The van der Waals surface area contributed by atoms with Crippen LogP contribution in [0.15, 0.2) is 51.5 Å². The van der Waals surface area contributed by atoms with E-state index in [0.717, 1.165) is 27.8 Å². The van der Waals surface area contributed by atoms with Crippen molar-refractivity contribution in [2.45, 2.75) is 24.3 Å². The molecule has 6 nitrogen and oxygen atoms in total. The Labute approximate surface area is 159 Å². The van der Waals surface area contributed by atoms with Crippen molar-refractivity contribution < 1.29 is 4.52 Å². The first kappa shape index (κ1) is 17.0. The molecule has 0 bridgehead atoms. The molecule has 0 amide bonds. The van der Waals surface area contributed by atoms with Crippen molar-refractivity contribution in [2.24, 2.45) is 7.05 Å². The van der Waals surface area contributed by atoms with Crippen molar-refractivity contribution in [3.8, 4) is 22.1 Å². The average Bonchev–Trinajstić information content (AvgIpc) is 3.41. The van der Waals surface area contributed by atoms with Gasteiger partial charge < -0.3 is 9.09 Å². The molecule has 0 radical (unpaired) electrons. The molecule has 0 N–H and O–H groups in total. The van der Waals surface area contributed by atoms with Crippen LogP contribution >= 0.6 is 23.1 Å². The SMILES string of the molecule is CCc1ccc(-c2noc(CSc3nnc(-c4cccs4)n3C)n2)cc1. The highest BCUT2D eigenvalue weighted by Gasteiger charge is 2.14. The van der Waals surface area contributed by atoms with Crippen LogP contribution in [0.25, 0.3) is 22.1 Å². The number of thioether (sulfide) groups is 1. The smallest absolute Gasteiger partial charge is 0.237 e. The summed E-state index contributed by atoms with van der Waals surface area (Å²) in [6.45, 7) is 2.13. The summed E-state index contributed by atoms with van der Waals surface area (Å²) < 4.78 is 7.36. The van der Waals surface area contributed by atoms with E-state index in [9.17, 15) is 0 Å². The molecule has 0 saturated heterocycles. The van der Waals surface area contributed by atoms with Gasteiger partial charge in [0.25, 0.3) is 0 Å². The highest BCUT2D eigenvalue weighted by Crippen LogP contribution is 2.27. The summed E-state index contributed by atoms with van der Waals surface area (Å²) in [5.41, 5.74) is 2.25. The lowest BCUT2D eigenvalue weighted by atomic mass is 10.1. The molecule has 0 atom stereocenters. The monoisotopic (exact) mass is 383 g/mol. The van der Waals surface area contributed by atoms with Crippen LogP contribution in [0, 0.1) is 0 Å². The maximum atomic E-state index is 5.38. The van der Waals surface area contributed by atoms with Gasteiger partial charge in [0.15, 0.2) is 11.0 Å². The van der Waals surface area contributed by atoms with E-state index in [-0.39, 0.29) is 0 Å². The van der Waals surface area contributed by atoms with Crippen LogP contribution < -0.4 is 0 Å². The number of hydrogen-bond acceptors (Lipinski definition) is 7. The van der Waals surface area contributed by atoms with Gasteiger partial charge in [-0.1, -0.05) is 54.2 Å². The summed E-state index contributed by atoms with van der Waals surface area (Å²) in [7, 11) is 1.96. The standard InChI is InChI=1S/C18H17N5OS2/c1-3-12-6-8-13(9-7-12)16-19-15(24-22-16)11-26-18-21-20-17(23(18)2)14-5-4-10-25-14/h4-10H,3,11H2,1-2H3. The number of benzene rings is 1. The molecule has 0 unspecified atom stereocenters. The number of hydrogen-bond donors (Lipinski definition) is 0. The van der Waals surface area contributed by atoms with Gasteiger partial charge in [-0.25, -0.2) is 0 Å². The Bertz CT molecular complexity index is 989. The Kier molecular flexibility index (Phi) is 4.85. The molecule has 0 fully saturated rings. The summed E-state index contributed by atoms with van der Waals surface area (Å²) in [6, 6.07) is 12.3. The lowest BCUT2D eigenvalue weighted by Gasteiger charge is -2.00. The fourth-order valence-corrected chi connectivity index (χ4v) is 4.00. The summed E-state index contributed by atoms with van der Waals surface area (Å²) in [4.78, 5) is 5.58. The Hall–Kier alpha value is -2.45.